The van der Waals surface area contributed by atoms with Crippen molar-refractivity contribution in [3.63, 3.8) is 0 Å². The molecule has 0 aromatic heterocycles. The van der Waals surface area contributed by atoms with Gasteiger partial charge in [-0.2, -0.15) is 0 Å². The molecule has 0 aliphatic rings. The summed E-state index contributed by atoms with van der Waals surface area (Å²) in [6, 6.07) is 9.88. The molecule has 41 heavy (non-hydrogen) atoms. The fourth-order valence-electron chi connectivity index (χ4n) is 5.93. The molecule has 3 nitrogen and oxygen atoms in total. The first-order valence-electron chi connectivity index (χ1n) is 17.0. The molecular formula is C36H59NaO3S. The summed E-state index contributed by atoms with van der Waals surface area (Å²) in [6.07, 6.45) is 30.3. The molecule has 0 aliphatic carbocycles. The van der Waals surface area contributed by atoms with Crippen molar-refractivity contribution >= 4 is 20.9 Å². The molecule has 0 unspecified atom stereocenters. The minimum atomic E-state index is -4.48. The summed E-state index contributed by atoms with van der Waals surface area (Å²) in [5.74, 6) is 0. The Hall–Kier alpha value is -0.390. The van der Waals surface area contributed by atoms with Gasteiger partial charge in [-0.3, -0.25) is 0 Å². The van der Waals surface area contributed by atoms with E-state index in [9.17, 15) is 13.0 Å². The van der Waals surface area contributed by atoms with Crippen molar-refractivity contribution in [2.75, 3.05) is 0 Å². The molecular weight excluding hydrogens is 535 g/mol. The summed E-state index contributed by atoms with van der Waals surface area (Å²) >= 11 is 0. The molecule has 0 bridgehead atoms. The van der Waals surface area contributed by atoms with Gasteiger partial charge in [-0.25, -0.2) is 8.42 Å². The summed E-state index contributed by atoms with van der Waals surface area (Å²) in [4.78, 5) is -0.0230. The molecule has 2 aromatic rings. The number of fused-ring (bicyclic) bond motifs is 1. The summed E-state index contributed by atoms with van der Waals surface area (Å²) in [6.45, 7) is 4.53. The van der Waals surface area contributed by atoms with E-state index < -0.39 is 10.1 Å². The predicted molar refractivity (Wildman–Crippen MR) is 172 cm³/mol. The maximum absolute atomic E-state index is 12.0. The molecule has 0 saturated heterocycles. The average Bonchev–Trinajstić information content (AvgIpc) is 2.93. The fraction of sp³-hybridized carbons (Fsp3) is 0.722. The second-order valence-corrected chi connectivity index (χ2v) is 13.5. The molecule has 0 N–H and O–H groups in total. The van der Waals surface area contributed by atoms with E-state index in [-0.39, 0.29) is 34.5 Å². The van der Waals surface area contributed by atoms with Crippen LogP contribution in [-0.4, -0.2) is 13.0 Å². The third-order valence-corrected chi connectivity index (χ3v) is 9.39. The van der Waals surface area contributed by atoms with Crippen molar-refractivity contribution in [1.82, 2.24) is 0 Å². The van der Waals surface area contributed by atoms with Crippen LogP contribution >= 0.6 is 0 Å². The van der Waals surface area contributed by atoms with Crippen LogP contribution in [0.2, 0.25) is 0 Å². The Labute approximate surface area is 276 Å². The molecule has 0 atom stereocenters. The van der Waals surface area contributed by atoms with Gasteiger partial charge in [0.15, 0.2) is 0 Å². The van der Waals surface area contributed by atoms with Crippen molar-refractivity contribution in [3.8, 4) is 0 Å². The molecule has 5 heteroatoms. The minimum Gasteiger partial charge on any atom is -0.744 e. The number of unbranched alkanes of at least 4 members (excludes halogenated alkanes) is 20. The topological polar surface area (TPSA) is 57.2 Å². The van der Waals surface area contributed by atoms with Crippen LogP contribution in [-0.2, 0) is 23.0 Å². The number of aryl methyl sites for hydroxylation is 2. The summed E-state index contributed by atoms with van der Waals surface area (Å²) in [5, 5.41) is 1.91. The number of rotatable bonds is 25. The van der Waals surface area contributed by atoms with Gasteiger partial charge in [0.2, 0.25) is 0 Å². The first-order valence-corrected chi connectivity index (χ1v) is 18.4. The van der Waals surface area contributed by atoms with Crippen LogP contribution in [0.3, 0.4) is 0 Å². The van der Waals surface area contributed by atoms with Crippen molar-refractivity contribution in [2.24, 2.45) is 0 Å². The van der Waals surface area contributed by atoms with Crippen LogP contribution in [0.4, 0.5) is 0 Å². The largest absolute Gasteiger partial charge is 1.00 e. The quantitative estimate of drug-likeness (QED) is 0.0658. The maximum Gasteiger partial charge on any atom is 1.00 e. The fourth-order valence-corrected chi connectivity index (χ4v) is 6.68. The smallest absolute Gasteiger partial charge is 0.744 e. The Balaban J connectivity index is 0.00000840. The van der Waals surface area contributed by atoms with E-state index in [0.717, 1.165) is 30.0 Å². The summed E-state index contributed by atoms with van der Waals surface area (Å²) in [7, 11) is -4.48. The van der Waals surface area contributed by atoms with Gasteiger partial charge < -0.3 is 4.55 Å². The van der Waals surface area contributed by atoms with Crippen molar-refractivity contribution in [1.29, 1.82) is 0 Å². The maximum atomic E-state index is 12.0. The van der Waals surface area contributed by atoms with Gasteiger partial charge in [-0.05, 0) is 59.7 Å². The Bertz CT molecular complexity index is 1030. The Morgan fingerprint density at radius 3 is 1.37 bits per heavy atom. The second kappa shape index (κ2) is 24.0. The van der Waals surface area contributed by atoms with Crippen LogP contribution in [0.15, 0.2) is 35.2 Å². The van der Waals surface area contributed by atoms with E-state index in [4.69, 9.17) is 0 Å². The van der Waals surface area contributed by atoms with Crippen LogP contribution in [0, 0.1) is 0 Å². The number of benzene rings is 2. The Morgan fingerprint density at radius 1 is 0.512 bits per heavy atom. The zero-order valence-corrected chi connectivity index (χ0v) is 29.8. The molecule has 0 heterocycles. The van der Waals surface area contributed by atoms with Gasteiger partial charge >= 0.3 is 29.6 Å². The van der Waals surface area contributed by atoms with E-state index in [1.54, 1.807) is 6.07 Å². The monoisotopic (exact) mass is 594 g/mol. The zero-order chi connectivity index (χ0) is 28.9. The van der Waals surface area contributed by atoms with E-state index in [1.165, 1.54) is 134 Å². The van der Waals surface area contributed by atoms with Crippen LogP contribution < -0.4 is 29.6 Å². The van der Waals surface area contributed by atoms with Gasteiger partial charge in [-0.15, -0.1) is 0 Å². The molecule has 0 spiro atoms. The SMILES string of the molecule is CCCCCCCCCCCCCc1ccc2cc(S(=O)(=O)[O-])c(CCCCCCCCCCCCC)cc2c1.[Na+]. The predicted octanol–water partition coefficient (Wildman–Crippen LogP) is 8.45. The molecule has 0 radical (unpaired) electrons. The van der Waals surface area contributed by atoms with Crippen LogP contribution in [0.5, 0.6) is 0 Å². The van der Waals surface area contributed by atoms with Gasteiger partial charge in [0, 0.05) is 0 Å². The molecule has 0 saturated carbocycles. The third-order valence-electron chi connectivity index (χ3n) is 8.47. The van der Waals surface area contributed by atoms with Gasteiger partial charge in [0.05, 0.1) is 4.90 Å². The summed E-state index contributed by atoms with van der Waals surface area (Å²) < 4.78 is 36.1. The second-order valence-electron chi connectivity index (χ2n) is 12.2. The third kappa shape index (κ3) is 17.5. The molecule has 2 rings (SSSR count). The average molecular weight is 595 g/mol. The zero-order valence-electron chi connectivity index (χ0n) is 27.0. The van der Waals surface area contributed by atoms with Gasteiger partial charge in [0.1, 0.15) is 10.1 Å². The van der Waals surface area contributed by atoms with E-state index in [2.05, 4.69) is 26.0 Å². The van der Waals surface area contributed by atoms with E-state index >= 15 is 0 Å². The van der Waals surface area contributed by atoms with E-state index in [0.29, 0.717) is 12.0 Å². The van der Waals surface area contributed by atoms with Crippen LogP contribution in [0.25, 0.3) is 10.8 Å². The normalized spacial score (nSPS) is 11.7. The Morgan fingerprint density at radius 2 is 0.927 bits per heavy atom. The first kappa shape index (κ1) is 38.6. The molecule has 0 fully saturated rings. The number of hydrogen-bond acceptors (Lipinski definition) is 3. The molecule has 2 aromatic carbocycles. The van der Waals surface area contributed by atoms with Crippen LogP contribution in [0.1, 0.15) is 166 Å². The standard InChI is InChI=1S/C36H60O3S.Na/c1-3-5-7-9-11-13-15-17-19-21-23-25-32-27-28-33-31-36(40(37,38)39)34(30-35(33)29-32)26-24-22-20-18-16-14-12-10-8-6-4-2;/h27-31H,3-26H2,1-2H3,(H,37,38,39);/q;+1/p-1. The van der Waals surface area contributed by atoms with Crippen molar-refractivity contribution in [3.05, 3.63) is 41.5 Å². The van der Waals surface area contributed by atoms with Crippen molar-refractivity contribution in [2.45, 2.75) is 173 Å². The Kier molecular flexibility index (Phi) is 22.6. The molecule has 228 valence electrons. The van der Waals surface area contributed by atoms with Gasteiger partial charge in [0.25, 0.3) is 0 Å². The minimum absolute atomic E-state index is 0. The summed E-state index contributed by atoms with van der Waals surface area (Å²) in [5.41, 5.74) is 2.01. The first-order chi connectivity index (χ1) is 19.5. The van der Waals surface area contributed by atoms with Crippen molar-refractivity contribution < 1.29 is 42.5 Å². The van der Waals surface area contributed by atoms with E-state index in [1.807, 2.05) is 12.1 Å². The molecule has 0 aliphatic heterocycles. The van der Waals surface area contributed by atoms with Gasteiger partial charge in [-0.1, -0.05) is 160 Å². The molecule has 0 amide bonds. The number of hydrogen-bond donors (Lipinski definition) is 0.